The first-order valence-corrected chi connectivity index (χ1v) is 9.30. The third-order valence-corrected chi connectivity index (χ3v) is 4.16. The van der Waals surface area contributed by atoms with Crippen LogP contribution in [0.3, 0.4) is 0 Å². The highest BCUT2D eigenvalue weighted by molar-refractivity contribution is 7.52. The molecule has 1 heterocycles. The maximum Gasteiger partial charge on any atom is 0.389 e. The van der Waals surface area contributed by atoms with E-state index in [0.29, 0.717) is 0 Å². The molecule has 0 aromatic carbocycles. The molecule has 21 heavy (non-hydrogen) atoms. The quantitative estimate of drug-likeness (QED) is 0.503. The molecule has 6 heteroatoms. The van der Waals surface area contributed by atoms with E-state index in [2.05, 4.69) is 32.9 Å². The molecular formula is C15H22FO3PS. The Morgan fingerprint density at radius 2 is 2.14 bits per heavy atom. The van der Waals surface area contributed by atoms with Crippen molar-refractivity contribution in [1.82, 2.24) is 0 Å². The van der Waals surface area contributed by atoms with Gasteiger partial charge in [0.1, 0.15) is 0 Å². The summed E-state index contributed by atoms with van der Waals surface area (Å²) in [5, 5.41) is 0. The van der Waals surface area contributed by atoms with Crippen molar-refractivity contribution >= 4 is 25.1 Å². The molecule has 1 rings (SSSR count). The van der Waals surface area contributed by atoms with Crippen LogP contribution < -0.4 is 0 Å². The van der Waals surface area contributed by atoms with Crippen molar-refractivity contribution in [3.05, 3.63) is 39.1 Å². The molecule has 1 atom stereocenters. The highest BCUT2D eigenvalue weighted by atomic mass is 32.1. The molecule has 0 aliphatic heterocycles. The SMILES string of the molecule is CC(C)=CCCC(C)=Cc1ccc(COCP(=O)(O)F)s1. The van der Waals surface area contributed by atoms with Gasteiger partial charge in [-0.2, -0.15) is 4.20 Å². The Morgan fingerprint density at radius 1 is 1.43 bits per heavy atom. The Labute approximate surface area is 129 Å². The summed E-state index contributed by atoms with van der Waals surface area (Å²) in [5.74, 6) is 0. The maximum absolute atomic E-state index is 12.4. The lowest BCUT2D eigenvalue weighted by atomic mass is 10.1. The largest absolute Gasteiger partial charge is 0.389 e. The Balaban J connectivity index is 2.47. The fourth-order valence-corrected chi connectivity index (χ4v) is 3.01. The number of allylic oxidation sites excluding steroid dienone is 3. The van der Waals surface area contributed by atoms with Gasteiger partial charge in [0.15, 0.2) is 6.35 Å². The monoisotopic (exact) mass is 332 g/mol. The van der Waals surface area contributed by atoms with E-state index < -0.39 is 14.0 Å². The van der Waals surface area contributed by atoms with Crippen LogP contribution in [0, 0.1) is 0 Å². The Morgan fingerprint density at radius 3 is 2.76 bits per heavy atom. The number of ether oxygens (including phenoxy) is 1. The van der Waals surface area contributed by atoms with Gasteiger partial charge >= 0.3 is 7.68 Å². The molecule has 0 bridgehead atoms. The second kappa shape index (κ2) is 8.64. The molecule has 1 unspecified atom stereocenters. The topological polar surface area (TPSA) is 46.5 Å². The summed E-state index contributed by atoms with van der Waals surface area (Å²) in [5.41, 5.74) is 2.62. The standard InChI is InChI=1S/C15H22FO3PS/c1-12(2)5-4-6-13(3)9-14-7-8-15(21-14)10-19-11-20(16,17)18/h5,7-9H,4,6,10-11H2,1-3H3,(H,17,18). The molecule has 0 aliphatic carbocycles. The Kier molecular flexibility index (Phi) is 7.53. The van der Waals surface area contributed by atoms with Crippen LogP contribution in [0.25, 0.3) is 6.08 Å². The maximum atomic E-state index is 12.4. The summed E-state index contributed by atoms with van der Waals surface area (Å²) in [6.45, 7) is 6.43. The highest BCUT2D eigenvalue weighted by Gasteiger charge is 2.15. The van der Waals surface area contributed by atoms with Crippen molar-refractivity contribution in [3.8, 4) is 0 Å². The van der Waals surface area contributed by atoms with Crippen LogP contribution in [0.5, 0.6) is 0 Å². The van der Waals surface area contributed by atoms with Crippen molar-refractivity contribution < 1.29 is 18.4 Å². The van der Waals surface area contributed by atoms with Gasteiger partial charge in [-0.3, -0.25) is 4.57 Å². The number of halogens is 1. The minimum Gasteiger partial charge on any atom is -0.363 e. The second-order valence-corrected chi connectivity index (χ2v) is 7.90. The van der Waals surface area contributed by atoms with Gasteiger partial charge in [-0.15, -0.1) is 11.3 Å². The average molecular weight is 332 g/mol. The molecule has 0 spiro atoms. The molecule has 0 amide bonds. The van der Waals surface area contributed by atoms with E-state index in [1.807, 2.05) is 12.1 Å². The zero-order valence-electron chi connectivity index (χ0n) is 12.6. The molecule has 1 aromatic heterocycles. The van der Waals surface area contributed by atoms with E-state index in [1.54, 1.807) is 11.3 Å². The summed E-state index contributed by atoms with van der Waals surface area (Å²) < 4.78 is 27.8. The molecule has 118 valence electrons. The smallest absolute Gasteiger partial charge is 0.363 e. The molecule has 3 nitrogen and oxygen atoms in total. The van der Waals surface area contributed by atoms with Gasteiger partial charge in [0.2, 0.25) is 0 Å². The normalized spacial score (nSPS) is 14.8. The third kappa shape index (κ3) is 8.99. The molecule has 0 saturated heterocycles. The summed E-state index contributed by atoms with van der Waals surface area (Å²) in [6, 6.07) is 3.86. The zero-order chi connectivity index (χ0) is 15.9. The van der Waals surface area contributed by atoms with Crippen LogP contribution in [0.1, 0.15) is 43.4 Å². The molecule has 0 fully saturated rings. The van der Waals surface area contributed by atoms with Crippen LogP contribution in [-0.4, -0.2) is 11.2 Å². The van der Waals surface area contributed by atoms with Gasteiger partial charge in [0, 0.05) is 9.75 Å². The van der Waals surface area contributed by atoms with Gasteiger partial charge in [-0.25, -0.2) is 0 Å². The zero-order valence-corrected chi connectivity index (χ0v) is 14.3. The van der Waals surface area contributed by atoms with Crippen molar-refractivity contribution in [2.75, 3.05) is 6.35 Å². The Hall–Kier alpha value is -0.740. The van der Waals surface area contributed by atoms with E-state index in [0.717, 1.165) is 22.6 Å². The van der Waals surface area contributed by atoms with E-state index >= 15 is 0 Å². The van der Waals surface area contributed by atoms with Gasteiger partial charge < -0.3 is 9.63 Å². The number of hydrogen-bond acceptors (Lipinski definition) is 3. The Bertz CT molecular complexity index is 553. The fraction of sp³-hybridized carbons (Fsp3) is 0.467. The van der Waals surface area contributed by atoms with Crippen LogP contribution in [0.15, 0.2) is 29.4 Å². The van der Waals surface area contributed by atoms with Crippen molar-refractivity contribution in [1.29, 1.82) is 0 Å². The first-order chi connectivity index (χ1) is 9.76. The number of thiophene rings is 1. The highest BCUT2D eigenvalue weighted by Crippen LogP contribution is 2.41. The molecule has 0 saturated carbocycles. The average Bonchev–Trinajstić information content (AvgIpc) is 2.74. The van der Waals surface area contributed by atoms with Crippen molar-refractivity contribution in [2.24, 2.45) is 0 Å². The molecule has 1 aromatic rings. The lowest BCUT2D eigenvalue weighted by Crippen LogP contribution is -1.91. The first kappa shape index (κ1) is 18.3. The number of hydrogen-bond donors (Lipinski definition) is 1. The van der Waals surface area contributed by atoms with E-state index in [-0.39, 0.29) is 6.61 Å². The van der Waals surface area contributed by atoms with Gasteiger partial charge in [0.05, 0.1) is 6.61 Å². The van der Waals surface area contributed by atoms with Crippen LogP contribution in [-0.2, 0) is 15.9 Å². The molecule has 0 aliphatic rings. The molecule has 1 N–H and O–H groups in total. The minimum atomic E-state index is -4.57. The summed E-state index contributed by atoms with van der Waals surface area (Å²) in [4.78, 5) is 10.5. The van der Waals surface area contributed by atoms with Gasteiger partial charge in [0.25, 0.3) is 0 Å². The predicted molar refractivity (Wildman–Crippen MR) is 87.2 cm³/mol. The molecule has 0 radical (unpaired) electrons. The first-order valence-electron chi connectivity index (χ1n) is 6.75. The predicted octanol–water partition coefficient (Wildman–Crippen LogP) is 5.53. The second-order valence-electron chi connectivity index (χ2n) is 5.21. The summed E-state index contributed by atoms with van der Waals surface area (Å²) in [7, 11) is -4.57. The van der Waals surface area contributed by atoms with Crippen LogP contribution in [0.2, 0.25) is 0 Å². The minimum absolute atomic E-state index is 0.157. The van der Waals surface area contributed by atoms with Crippen molar-refractivity contribution in [2.45, 2.75) is 40.2 Å². The lowest BCUT2D eigenvalue weighted by molar-refractivity contribution is 0.152. The fourth-order valence-electron chi connectivity index (χ4n) is 1.71. The number of rotatable bonds is 8. The van der Waals surface area contributed by atoms with E-state index in [9.17, 15) is 8.76 Å². The van der Waals surface area contributed by atoms with Gasteiger partial charge in [-0.1, -0.05) is 17.2 Å². The molecular weight excluding hydrogens is 310 g/mol. The van der Waals surface area contributed by atoms with Crippen LogP contribution in [0.4, 0.5) is 4.20 Å². The lowest BCUT2D eigenvalue weighted by Gasteiger charge is -2.01. The summed E-state index contributed by atoms with van der Waals surface area (Å²) >= 11 is 1.54. The van der Waals surface area contributed by atoms with Crippen molar-refractivity contribution in [3.63, 3.8) is 0 Å². The van der Waals surface area contributed by atoms with E-state index in [1.165, 1.54) is 11.1 Å². The third-order valence-electron chi connectivity index (χ3n) is 2.66. The van der Waals surface area contributed by atoms with Crippen LogP contribution >= 0.6 is 19.0 Å². The van der Waals surface area contributed by atoms with E-state index in [4.69, 9.17) is 9.63 Å². The summed E-state index contributed by atoms with van der Waals surface area (Å²) in [6.07, 6.45) is 5.64. The van der Waals surface area contributed by atoms with Gasteiger partial charge in [-0.05, 0) is 51.8 Å².